The van der Waals surface area contributed by atoms with E-state index in [1.54, 1.807) is 6.07 Å². The molecule has 0 aliphatic rings. The van der Waals surface area contributed by atoms with E-state index in [9.17, 15) is 8.78 Å². The molecule has 0 bridgehead atoms. The highest BCUT2D eigenvalue weighted by Gasteiger charge is 2.05. The van der Waals surface area contributed by atoms with Gasteiger partial charge in [-0.1, -0.05) is 0 Å². The summed E-state index contributed by atoms with van der Waals surface area (Å²) in [6.07, 6.45) is 0.119. The maximum atomic E-state index is 12.8. The molecule has 1 nitrogen and oxygen atoms in total. The Labute approximate surface area is 92.8 Å². The van der Waals surface area contributed by atoms with Crippen molar-refractivity contribution < 1.29 is 13.5 Å². The van der Waals surface area contributed by atoms with Crippen LogP contribution in [0, 0.1) is 11.6 Å². The zero-order valence-corrected chi connectivity index (χ0v) is 9.61. The van der Waals surface area contributed by atoms with E-state index in [1.165, 1.54) is 17.8 Å². The van der Waals surface area contributed by atoms with Gasteiger partial charge in [0.05, 0.1) is 6.10 Å². The van der Waals surface area contributed by atoms with Crippen LogP contribution in [0.5, 0.6) is 0 Å². The van der Waals surface area contributed by atoms with Gasteiger partial charge in [0.1, 0.15) is 0 Å². The lowest BCUT2D eigenvalue weighted by atomic mass is 10.3. The monoisotopic (exact) mass is 232 g/mol. The van der Waals surface area contributed by atoms with Crippen LogP contribution in [0.3, 0.4) is 0 Å². The lowest BCUT2D eigenvalue weighted by Gasteiger charge is -2.10. The molecule has 0 aromatic heterocycles. The highest BCUT2D eigenvalue weighted by Crippen LogP contribution is 2.21. The summed E-state index contributed by atoms with van der Waals surface area (Å²) in [5, 5.41) is 0. The molecule has 84 valence electrons. The van der Waals surface area contributed by atoms with Crippen molar-refractivity contribution in [3.63, 3.8) is 0 Å². The summed E-state index contributed by atoms with van der Waals surface area (Å²) in [5.74, 6) is -0.875. The molecule has 15 heavy (non-hydrogen) atoms. The molecule has 0 fully saturated rings. The van der Waals surface area contributed by atoms with Gasteiger partial charge < -0.3 is 4.74 Å². The second kappa shape index (κ2) is 6.08. The van der Waals surface area contributed by atoms with Crippen molar-refractivity contribution >= 4 is 11.8 Å². The summed E-state index contributed by atoms with van der Waals surface area (Å²) in [6.45, 7) is 4.55. The van der Waals surface area contributed by atoms with E-state index < -0.39 is 11.6 Å². The summed E-state index contributed by atoms with van der Waals surface area (Å²) in [5.41, 5.74) is 0. The first kappa shape index (κ1) is 12.5. The number of hydrogen-bond acceptors (Lipinski definition) is 2. The van der Waals surface area contributed by atoms with Gasteiger partial charge in [-0.3, -0.25) is 0 Å². The van der Waals surface area contributed by atoms with E-state index in [-0.39, 0.29) is 6.10 Å². The molecule has 4 heteroatoms. The first-order chi connectivity index (χ1) is 7.13. The number of halogens is 2. The molecule has 1 aromatic carbocycles. The fourth-order valence-electron chi connectivity index (χ4n) is 1.11. The van der Waals surface area contributed by atoms with E-state index in [1.807, 2.05) is 13.8 Å². The first-order valence-electron chi connectivity index (χ1n) is 4.83. The van der Waals surface area contributed by atoms with Crippen LogP contribution in [0.15, 0.2) is 23.1 Å². The molecule has 0 saturated heterocycles. The summed E-state index contributed by atoms with van der Waals surface area (Å²) in [7, 11) is 0. The van der Waals surface area contributed by atoms with Crippen molar-refractivity contribution in [2.75, 3.05) is 12.4 Å². The standard InChI is InChI=1S/C11H14F2OS/c1-3-14-8(2)7-15-9-4-5-10(12)11(13)6-9/h4-6,8H,3,7H2,1-2H3. The van der Waals surface area contributed by atoms with E-state index in [0.717, 1.165) is 16.7 Å². The van der Waals surface area contributed by atoms with Crippen LogP contribution >= 0.6 is 11.8 Å². The SMILES string of the molecule is CCOC(C)CSc1ccc(F)c(F)c1. The zero-order chi connectivity index (χ0) is 11.3. The van der Waals surface area contributed by atoms with Gasteiger partial charge in [-0.15, -0.1) is 11.8 Å². The molecular weight excluding hydrogens is 218 g/mol. The van der Waals surface area contributed by atoms with Crippen LogP contribution in [0.25, 0.3) is 0 Å². The maximum Gasteiger partial charge on any atom is 0.159 e. The predicted molar refractivity (Wildman–Crippen MR) is 58.2 cm³/mol. The largest absolute Gasteiger partial charge is 0.378 e. The van der Waals surface area contributed by atoms with E-state index in [0.29, 0.717) is 6.61 Å². The molecule has 0 aliphatic heterocycles. The quantitative estimate of drug-likeness (QED) is 0.719. The summed E-state index contributed by atoms with van der Waals surface area (Å²) in [6, 6.07) is 3.92. The van der Waals surface area contributed by atoms with Crippen molar-refractivity contribution in [3.05, 3.63) is 29.8 Å². The minimum Gasteiger partial charge on any atom is -0.378 e. The molecular formula is C11H14F2OS. The van der Waals surface area contributed by atoms with Crippen molar-refractivity contribution in [2.45, 2.75) is 24.8 Å². The second-order valence-corrected chi connectivity index (χ2v) is 4.25. The lowest BCUT2D eigenvalue weighted by Crippen LogP contribution is -2.10. The highest BCUT2D eigenvalue weighted by atomic mass is 32.2. The Balaban J connectivity index is 2.47. The van der Waals surface area contributed by atoms with Crippen molar-refractivity contribution in [3.8, 4) is 0 Å². The third kappa shape index (κ3) is 4.18. The molecule has 1 atom stereocenters. The molecule has 0 spiro atoms. The number of benzene rings is 1. The molecule has 0 radical (unpaired) electrons. The third-order valence-electron chi connectivity index (χ3n) is 1.83. The van der Waals surface area contributed by atoms with E-state index >= 15 is 0 Å². The number of ether oxygens (including phenoxy) is 1. The Morgan fingerprint density at radius 2 is 2.07 bits per heavy atom. The van der Waals surface area contributed by atoms with E-state index in [2.05, 4.69) is 0 Å². The van der Waals surface area contributed by atoms with Gasteiger partial charge in [0.15, 0.2) is 11.6 Å². The van der Waals surface area contributed by atoms with Crippen molar-refractivity contribution in [1.29, 1.82) is 0 Å². The van der Waals surface area contributed by atoms with Gasteiger partial charge in [-0.2, -0.15) is 0 Å². The molecule has 1 rings (SSSR count). The first-order valence-corrected chi connectivity index (χ1v) is 5.81. The van der Waals surface area contributed by atoms with Crippen LogP contribution in [0.4, 0.5) is 8.78 Å². The summed E-state index contributed by atoms with van der Waals surface area (Å²) < 4.78 is 30.8. The Bertz CT molecular complexity index is 317. The fourth-order valence-corrected chi connectivity index (χ4v) is 1.99. The molecule has 1 unspecified atom stereocenters. The molecule has 0 amide bonds. The average molecular weight is 232 g/mol. The Hall–Kier alpha value is -0.610. The van der Waals surface area contributed by atoms with Crippen LogP contribution in [0.2, 0.25) is 0 Å². The smallest absolute Gasteiger partial charge is 0.159 e. The van der Waals surface area contributed by atoms with Crippen molar-refractivity contribution in [2.24, 2.45) is 0 Å². The minimum atomic E-state index is -0.808. The highest BCUT2D eigenvalue weighted by molar-refractivity contribution is 7.99. The Kier molecular flexibility index (Phi) is 5.05. The zero-order valence-electron chi connectivity index (χ0n) is 8.80. The van der Waals surface area contributed by atoms with Crippen molar-refractivity contribution in [1.82, 2.24) is 0 Å². The third-order valence-corrected chi connectivity index (χ3v) is 3.05. The normalized spacial score (nSPS) is 12.8. The van der Waals surface area contributed by atoms with Gasteiger partial charge in [0.2, 0.25) is 0 Å². The van der Waals surface area contributed by atoms with Gasteiger partial charge in [0.25, 0.3) is 0 Å². The summed E-state index contributed by atoms with van der Waals surface area (Å²) in [4.78, 5) is 0.723. The topological polar surface area (TPSA) is 9.23 Å². The lowest BCUT2D eigenvalue weighted by molar-refractivity contribution is 0.0932. The Morgan fingerprint density at radius 1 is 1.33 bits per heavy atom. The minimum absolute atomic E-state index is 0.119. The molecule has 0 heterocycles. The summed E-state index contributed by atoms with van der Waals surface area (Å²) >= 11 is 1.46. The predicted octanol–water partition coefficient (Wildman–Crippen LogP) is 3.48. The van der Waals surface area contributed by atoms with E-state index in [4.69, 9.17) is 4.74 Å². The number of hydrogen-bond donors (Lipinski definition) is 0. The number of rotatable bonds is 5. The average Bonchev–Trinajstić information content (AvgIpc) is 2.20. The van der Waals surface area contributed by atoms with Crippen LogP contribution in [-0.2, 0) is 4.74 Å². The molecule has 0 saturated carbocycles. The Morgan fingerprint density at radius 3 is 2.67 bits per heavy atom. The molecule has 0 aliphatic carbocycles. The van der Waals surface area contributed by atoms with Crippen LogP contribution in [-0.4, -0.2) is 18.5 Å². The number of thioether (sulfide) groups is 1. The molecule has 1 aromatic rings. The van der Waals surface area contributed by atoms with Crippen LogP contribution < -0.4 is 0 Å². The van der Waals surface area contributed by atoms with Crippen LogP contribution in [0.1, 0.15) is 13.8 Å². The fraction of sp³-hybridized carbons (Fsp3) is 0.455. The van der Waals surface area contributed by atoms with Gasteiger partial charge in [-0.05, 0) is 32.0 Å². The van der Waals surface area contributed by atoms with Gasteiger partial charge in [0, 0.05) is 17.3 Å². The second-order valence-electron chi connectivity index (χ2n) is 3.15. The molecule has 0 N–H and O–H groups in total. The van der Waals surface area contributed by atoms with Gasteiger partial charge in [-0.25, -0.2) is 8.78 Å². The maximum absolute atomic E-state index is 12.8. The van der Waals surface area contributed by atoms with Gasteiger partial charge >= 0.3 is 0 Å².